The summed E-state index contributed by atoms with van der Waals surface area (Å²) in [6.07, 6.45) is 0. The van der Waals surface area contributed by atoms with Gasteiger partial charge in [0.1, 0.15) is 5.82 Å². The van der Waals surface area contributed by atoms with Gasteiger partial charge in [0.25, 0.3) is 5.91 Å². The molecule has 2 aromatic carbocycles. The van der Waals surface area contributed by atoms with E-state index in [0.717, 1.165) is 5.56 Å². The molecule has 0 atom stereocenters. The molecule has 0 radical (unpaired) electrons. The molecular formula is C18H13ClFN5O. The lowest BCUT2D eigenvalue weighted by Gasteiger charge is -2.05. The van der Waals surface area contributed by atoms with Gasteiger partial charge in [-0.15, -0.1) is 5.10 Å². The highest BCUT2D eigenvalue weighted by Crippen LogP contribution is 2.22. The number of rotatable bonds is 4. The van der Waals surface area contributed by atoms with Crippen LogP contribution in [0.2, 0.25) is 5.02 Å². The molecule has 0 saturated heterocycles. The fraction of sp³-hybridized carbons (Fsp3) is 0.111. The van der Waals surface area contributed by atoms with Gasteiger partial charge < -0.3 is 5.32 Å². The first kappa shape index (κ1) is 17.6. The van der Waals surface area contributed by atoms with Gasteiger partial charge in [0, 0.05) is 0 Å². The summed E-state index contributed by atoms with van der Waals surface area (Å²) >= 11 is 5.70. The Hall–Kier alpha value is -3.24. The first-order chi connectivity index (χ1) is 12.5. The molecule has 0 saturated carbocycles. The second-order valence-electron chi connectivity index (χ2n) is 5.51. The maximum absolute atomic E-state index is 13.9. The maximum Gasteiger partial charge on any atom is 0.295 e. The van der Waals surface area contributed by atoms with Crippen LogP contribution in [0.1, 0.15) is 27.6 Å². The predicted octanol–water partition coefficient (Wildman–Crippen LogP) is 3.55. The molecule has 130 valence electrons. The van der Waals surface area contributed by atoms with E-state index in [-0.39, 0.29) is 16.5 Å². The number of aryl methyl sites for hydroxylation is 1. The van der Waals surface area contributed by atoms with Crippen LogP contribution in [0.15, 0.2) is 42.5 Å². The molecule has 0 fully saturated rings. The Morgan fingerprint density at radius 1 is 1.35 bits per heavy atom. The number of hydrogen-bond acceptors (Lipinski definition) is 4. The third-order valence-corrected chi connectivity index (χ3v) is 3.94. The van der Waals surface area contributed by atoms with Crippen LogP contribution in [0.4, 0.5) is 10.1 Å². The monoisotopic (exact) mass is 369 g/mol. The van der Waals surface area contributed by atoms with Crippen molar-refractivity contribution in [3.63, 3.8) is 0 Å². The highest BCUT2D eigenvalue weighted by molar-refractivity contribution is 6.31. The number of amides is 1. The van der Waals surface area contributed by atoms with Gasteiger partial charge in [0.05, 0.1) is 28.9 Å². The van der Waals surface area contributed by atoms with Crippen LogP contribution in [-0.2, 0) is 6.54 Å². The summed E-state index contributed by atoms with van der Waals surface area (Å²) in [5, 5.41) is 15.4. The van der Waals surface area contributed by atoms with Crippen molar-refractivity contribution in [2.45, 2.75) is 13.5 Å². The number of carbonyl (C=O) groups is 1. The fourth-order valence-electron chi connectivity index (χ4n) is 2.36. The number of carbonyl (C=O) groups excluding carboxylic acids is 1. The topological polar surface area (TPSA) is 83.6 Å². The van der Waals surface area contributed by atoms with Gasteiger partial charge in [-0.2, -0.15) is 5.26 Å². The zero-order valence-electron chi connectivity index (χ0n) is 13.7. The minimum absolute atomic E-state index is 0.0433. The Labute approximate surface area is 153 Å². The van der Waals surface area contributed by atoms with E-state index in [1.165, 1.54) is 18.2 Å². The number of nitrogens with one attached hydrogen (secondary N) is 1. The lowest BCUT2D eigenvalue weighted by atomic mass is 10.1. The molecule has 0 aliphatic carbocycles. The number of benzene rings is 2. The summed E-state index contributed by atoms with van der Waals surface area (Å²) in [4.78, 5) is 16.4. The summed E-state index contributed by atoms with van der Waals surface area (Å²) in [6, 6.07) is 13.5. The molecule has 0 bridgehead atoms. The maximum atomic E-state index is 13.9. The van der Waals surface area contributed by atoms with Crippen molar-refractivity contribution in [2.75, 3.05) is 5.32 Å². The molecule has 1 aromatic heterocycles. The molecule has 6 nitrogen and oxygen atoms in total. The molecule has 3 aromatic rings. The van der Waals surface area contributed by atoms with Crippen molar-refractivity contribution in [3.8, 4) is 6.07 Å². The van der Waals surface area contributed by atoms with Crippen molar-refractivity contribution in [1.29, 1.82) is 5.26 Å². The first-order valence-electron chi connectivity index (χ1n) is 7.64. The van der Waals surface area contributed by atoms with Gasteiger partial charge in [-0.05, 0) is 36.8 Å². The van der Waals surface area contributed by atoms with Gasteiger partial charge in [0.2, 0.25) is 5.82 Å². The zero-order chi connectivity index (χ0) is 18.7. The number of aromatic nitrogens is 3. The van der Waals surface area contributed by atoms with Crippen molar-refractivity contribution in [2.24, 2.45) is 0 Å². The predicted molar refractivity (Wildman–Crippen MR) is 94.4 cm³/mol. The summed E-state index contributed by atoms with van der Waals surface area (Å²) in [6.45, 7) is 2.06. The largest absolute Gasteiger partial charge is 0.317 e. The molecule has 26 heavy (non-hydrogen) atoms. The van der Waals surface area contributed by atoms with E-state index >= 15 is 0 Å². The van der Waals surface area contributed by atoms with Crippen LogP contribution in [-0.4, -0.2) is 20.7 Å². The van der Waals surface area contributed by atoms with E-state index in [9.17, 15) is 9.18 Å². The second kappa shape index (κ2) is 7.33. The summed E-state index contributed by atoms with van der Waals surface area (Å²) in [7, 11) is 0. The van der Waals surface area contributed by atoms with E-state index < -0.39 is 11.7 Å². The molecule has 0 aliphatic rings. The van der Waals surface area contributed by atoms with Crippen molar-refractivity contribution >= 4 is 23.2 Å². The van der Waals surface area contributed by atoms with E-state index in [0.29, 0.717) is 17.9 Å². The number of nitrogens with zero attached hydrogens (tertiary/aromatic N) is 4. The molecule has 1 heterocycles. The summed E-state index contributed by atoms with van der Waals surface area (Å²) in [5.41, 5.74) is 1.35. The summed E-state index contributed by atoms with van der Waals surface area (Å²) < 4.78 is 15.4. The van der Waals surface area contributed by atoms with Crippen molar-refractivity contribution in [1.82, 2.24) is 14.8 Å². The van der Waals surface area contributed by atoms with Crippen LogP contribution in [0.5, 0.6) is 0 Å². The smallest absolute Gasteiger partial charge is 0.295 e. The number of nitriles is 1. The minimum Gasteiger partial charge on any atom is -0.317 e. The Bertz CT molecular complexity index is 1020. The molecule has 3 rings (SSSR count). The molecule has 8 heteroatoms. The molecule has 0 unspecified atom stereocenters. The SMILES string of the molecule is Cc1nc(C(=O)Nc2cccc(Cl)c2F)nn1Cc1cccc(C#N)c1. The second-order valence-corrected chi connectivity index (χ2v) is 5.92. The molecular weight excluding hydrogens is 357 g/mol. The third-order valence-electron chi connectivity index (χ3n) is 3.65. The van der Waals surface area contributed by atoms with Crippen LogP contribution in [0, 0.1) is 24.1 Å². The van der Waals surface area contributed by atoms with E-state index in [1.807, 2.05) is 6.07 Å². The van der Waals surface area contributed by atoms with Crippen molar-refractivity contribution in [3.05, 3.63) is 76.1 Å². The Morgan fingerprint density at radius 3 is 2.88 bits per heavy atom. The van der Waals surface area contributed by atoms with E-state index in [4.69, 9.17) is 16.9 Å². The van der Waals surface area contributed by atoms with Gasteiger partial charge in [0.15, 0.2) is 5.82 Å². The average molecular weight is 370 g/mol. The summed E-state index contributed by atoms with van der Waals surface area (Å²) in [5.74, 6) is -0.923. The van der Waals surface area contributed by atoms with Gasteiger partial charge >= 0.3 is 0 Å². The van der Waals surface area contributed by atoms with Crippen LogP contribution < -0.4 is 5.32 Å². The zero-order valence-corrected chi connectivity index (χ0v) is 14.5. The van der Waals surface area contributed by atoms with Crippen molar-refractivity contribution < 1.29 is 9.18 Å². The van der Waals surface area contributed by atoms with E-state index in [1.54, 1.807) is 29.8 Å². The first-order valence-corrected chi connectivity index (χ1v) is 8.01. The Kier molecular flexibility index (Phi) is 4.96. The van der Waals surface area contributed by atoms with Gasteiger partial charge in [-0.25, -0.2) is 14.1 Å². The molecule has 1 N–H and O–H groups in total. The minimum atomic E-state index is -0.716. The Balaban J connectivity index is 1.80. The van der Waals surface area contributed by atoms with Crippen LogP contribution >= 0.6 is 11.6 Å². The normalized spacial score (nSPS) is 10.4. The Morgan fingerprint density at radius 2 is 2.12 bits per heavy atom. The lowest BCUT2D eigenvalue weighted by molar-refractivity contribution is 0.101. The molecule has 1 amide bonds. The quantitative estimate of drug-likeness (QED) is 0.762. The molecule has 0 aliphatic heterocycles. The third kappa shape index (κ3) is 3.71. The highest BCUT2D eigenvalue weighted by Gasteiger charge is 2.17. The lowest BCUT2D eigenvalue weighted by Crippen LogP contribution is -2.15. The standard InChI is InChI=1S/C18H13ClFN5O/c1-11-22-17(18(26)23-15-7-3-6-14(19)16(15)20)24-25(11)10-13-5-2-4-12(8-13)9-21/h2-8H,10H2,1H3,(H,23,26). The van der Waals surface area contributed by atoms with Gasteiger partial charge in [-0.3, -0.25) is 4.79 Å². The average Bonchev–Trinajstić information content (AvgIpc) is 3.00. The van der Waals surface area contributed by atoms with Crippen LogP contribution in [0.25, 0.3) is 0 Å². The molecule has 0 spiro atoms. The number of halogens is 2. The highest BCUT2D eigenvalue weighted by atomic mass is 35.5. The van der Waals surface area contributed by atoms with E-state index in [2.05, 4.69) is 21.5 Å². The van der Waals surface area contributed by atoms with Crippen LogP contribution in [0.3, 0.4) is 0 Å². The van der Waals surface area contributed by atoms with Gasteiger partial charge in [-0.1, -0.05) is 29.8 Å². The fourth-order valence-corrected chi connectivity index (χ4v) is 2.53. The number of anilines is 1. The number of hydrogen-bond donors (Lipinski definition) is 1.